The van der Waals surface area contributed by atoms with Crippen LogP contribution in [0.2, 0.25) is 0 Å². The molecule has 0 spiro atoms. The predicted octanol–water partition coefficient (Wildman–Crippen LogP) is 1.35. The van der Waals surface area contributed by atoms with E-state index in [2.05, 4.69) is 11.9 Å². The Bertz CT molecular complexity index is 355. The fourth-order valence-electron chi connectivity index (χ4n) is 1.22. The van der Waals surface area contributed by atoms with Crippen molar-refractivity contribution in [1.82, 2.24) is 10.2 Å². The molecule has 0 aromatic rings. The van der Waals surface area contributed by atoms with E-state index in [4.69, 9.17) is 10.00 Å². The monoisotopic (exact) mass is 285 g/mol. The highest BCUT2D eigenvalue weighted by molar-refractivity contribution is 7.98. The SMILES string of the molecule is C=CCCOC(=O)NC(CSC)C(=O)N(C#N)CC. The van der Waals surface area contributed by atoms with Crippen LogP contribution in [0.1, 0.15) is 13.3 Å². The van der Waals surface area contributed by atoms with Crippen molar-refractivity contribution in [3.8, 4) is 6.19 Å². The second-order valence-electron chi connectivity index (χ2n) is 3.55. The Balaban J connectivity index is 4.47. The molecule has 19 heavy (non-hydrogen) atoms. The summed E-state index contributed by atoms with van der Waals surface area (Å²) >= 11 is 1.40. The molecule has 6 nitrogen and oxygen atoms in total. The molecular formula is C12H19N3O3S. The van der Waals surface area contributed by atoms with Crippen LogP contribution < -0.4 is 5.32 Å². The average Bonchev–Trinajstić information content (AvgIpc) is 2.39. The maximum atomic E-state index is 12.0. The molecule has 0 heterocycles. The van der Waals surface area contributed by atoms with E-state index in [9.17, 15) is 9.59 Å². The number of nitriles is 1. The van der Waals surface area contributed by atoms with Crippen LogP contribution in [0.15, 0.2) is 12.7 Å². The van der Waals surface area contributed by atoms with E-state index in [1.807, 2.05) is 6.26 Å². The minimum atomic E-state index is -0.758. The number of likely N-dealkylation sites (N-methyl/N-ethyl adjacent to an activating group) is 1. The number of nitrogens with one attached hydrogen (secondary N) is 1. The first kappa shape index (κ1) is 17.3. The molecule has 0 radical (unpaired) electrons. The van der Waals surface area contributed by atoms with Gasteiger partial charge in [0.1, 0.15) is 6.04 Å². The van der Waals surface area contributed by atoms with Gasteiger partial charge in [-0.2, -0.15) is 17.0 Å². The molecule has 106 valence electrons. The van der Waals surface area contributed by atoms with E-state index in [1.54, 1.807) is 19.2 Å². The summed E-state index contributed by atoms with van der Waals surface area (Å²) in [7, 11) is 0. The van der Waals surface area contributed by atoms with Crippen LogP contribution in [-0.2, 0) is 9.53 Å². The predicted molar refractivity (Wildman–Crippen MR) is 74.5 cm³/mol. The van der Waals surface area contributed by atoms with Gasteiger partial charge in [-0.05, 0) is 19.6 Å². The first-order valence-corrected chi connectivity index (χ1v) is 7.24. The quantitative estimate of drug-likeness (QED) is 0.315. The summed E-state index contributed by atoms with van der Waals surface area (Å²) in [5.74, 6) is -0.0480. The Morgan fingerprint density at radius 2 is 2.32 bits per heavy atom. The normalized spacial score (nSPS) is 11.0. The molecule has 0 saturated carbocycles. The lowest BCUT2D eigenvalue weighted by Gasteiger charge is -2.20. The summed E-state index contributed by atoms with van der Waals surface area (Å²) in [4.78, 5) is 24.4. The number of hydrogen-bond acceptors (Lipinski definition) is 5. The number of carbonyl (C=O) groups excluding carboxylic acids is 2. The van der Waals surface area contributed by atoms with Gasteiger partial charge >= 0.3 is 6.09 Å². The molecule has 0 fully saturated rings. The minimum absolute atomic E-state index is 0.214. The lowest BCUT2D eigenvalue weighted by Crippen LogP contribution is -2.48. The first-order valence-electron chi connectivity index (χ1n) is 5.84. The van der Waals surface area contributed by atoms with Gasteiger partial charge in [-0.1, -0.05) is 6.08 Å². The Morgan fingerprint density at radius 1 is 1.63 bits per heavy atom. The van der Waals surface area contributed by atoms with Gasteiger partial charge in [0, 0.05) is 12.3 Å². The van der Waals surface area contributed by atoms with Crippen LogP contribution in [0.3, 0.4) is 0 Å². The van der Waals surface area contributed by atoms with Crippen molar-refractivity contribution < 1.29 is 14.3 Å². The maximum absolute atomic E-state index is 12.0. The Hall–Kier alpha value is -1.68. The van der Waals surface area contributed by atoms with Crippen LogP contribution in [-0.4, -0.2) is 48.1 Å². The van der Waals surface area contributed by atoms with E-state index >= 15 is 0 Å². The molecule has 2 amide bonds. The first-order chi connectivity index (χ1) is 9.10. The highest BCUT2D eigenvalue weighted by Crippen LogP contribution is 2.03. The van der Waals surface area contributed by atoms with E-state index in [0.29, 0.717) is 12.2 Å². The second kappa shape index (κ2) is 10.3. The molecule has 0 aliphatic rings. The van der Waals surface area contributed by atoms with Gasteiger partial charge in [-0.3, -0.25) is 4.79 Å². The van der Waals surface area contributed by atoms with Crippen molar-refractivity contribution in [2.24, 2.45) is 0 Å². The molecule has 0 aliphatic carbocycles. The summed E-state index contributed by atoms with van der Waals surface area (Å²) in [6.07, 6.45) is 5.12. The van der Waals surface area contributed by atoms with Gasteiger partial charge in [-0.25, -0.2) is 9.69 Å². The fourth-order valence-corrected chi connectivity index (χ4v) is 1.78. The standard InChI is InChI=1S/C12H19N3O3S/c1-4-6-7-18-12(17)14-10(8-19-3)11(16)15(5-2)9-13/h4,10H,1,5-8H2,2-3H3,(H,14,17). The lowest BCUT2D eigenvalue weighted by molar-refractivity contribution is -0.129. The van der Waals surface area contributed by atoms with E-state index in [1.165, 1.54) is 11.8 Å². The van der Waals surface area contributed by atoms with Crippen LogP contribution in [0.5, 0.6) is 0 Å². The summed E-state index contributed by atoms with van der Waals surface area (Å²) in [6, 6.07) is -0.758. The van der Waals surface area contributed by atoms with Gasteiger partial charge in [0.25, 0.3) is 5.91 Å². The van der Waals surface area contributed by atoms with Gasteiger partial charge in [0.05, 0.1) is 6.61 Å². The Morgan fingerprint density at radius 3 is 2.79 bits per heavy atom. The molecule has 0 aromatic carbocycles. The van der Waals surface area contributed by atoms with Crippen LogP contribution in [0.25, 0.3) is 0 Å². The van der Waals surface area contributed by atoms with Crippen molar-refractivity contribution >= 4 is 23.8 Å². The molecule has 0 bridgehead atoms. The highest BCUT2D eigenvalue weighted by atomic mass is 32.2. The number of nitrogens with zero attached hydrogens (tertiary/aromatic N) is 2. The summed E-state index contributed by atoms with van der Waals surface area (Å²) in [5.41, 5.74) is 0. The van der Waals surface area contributed by atoms with E-state index < -0.39 is 18.0 Å². The largest absolute Gasteiger partial charge is 0.449 e. The van der Waals surface area contributed by atoms with Gasteiger partial charge in [0.15, 0.2) is 6.19 Å². The zero-order chi connectivity index (χ0) is 14.7. The summed E-state index contributed by atoms with van der Waals surface area (Å²) in [6.45, 7) is 5.69. The maximum Gasteiger partial charge on any atom is 0.407 e. The molecule has 0 aliphatic heterocycles. The zero-order valence-corrected chi connectivity index (χ0v) is 12.0. The van der Waals surface area contributed by atoms with Crippen LogP contribution in [0.4, 0.5) is 4.79 Å². The minimum Gasteiger partial charge on any atom is -0.449 e. The third-order valence-electron chi connectivity index (χ3n) is 2.18. The van der Waals surface area contributed by atoms with Gasteiger partial charge in [0.2, 0.25) is 0 Å². The average molecular weight is 285 g/mol. The van der Waals surface area contributed by atoms with Gasteiger partial charge < -0.3 is 10.1 Å². The number of ether oxygens (including phenoxy) is 1. The fraction of sp³-hybridized carbons (Fsp3) is 0.583. The number of hydrogen-bond donors (Lipinski definition) is 1. The Kier molecular flexibility index (Phi) is 9.35. The Labute approximate surface area is 117 Å². The molecule has 0 saturated heterocycles. The molecular weight excluding hydrogens is 266 g/mol. The highest BCUT2D eigenvalue weighted by Gasteiger charge is 2.25. The molecule has 1 N–H and O–H groups in total. The molecule has 0 aromatic heterocycles. The third kappa shape index (κ3) is 6.72. The van der Waals surface area contributed by atoms with Crippen molar-refractivity contribution in [2.75, 3.05) is 25.2 Å². The number of amides is 2. The number of thioether (sulfide) groups is 1. The van der Waals surface area contributed by atoms with Gasteiger partial charge in [-0.15, -0.1) is 6.58 Å². The lowest BCUT2D eigenvalue weighted by atomic mass is 10.3. The molecule has 7 heteroatoms. The number of rotatable bonds is 8. The zero-order valence-electron chi connectivity index (χ0n) is 11.2. The van der Waals surface area contributed by atoms with E-state index in [-0.39, 0.29) is 13.2 Å². The molecule has 1 unspecified atom stereocenters. The summed E-state index contributed by atoms with van der Waals surface area (Å²) < 4.78 is 4.87. The van der Waals surface area contributed by atoms with Crippen molar-refractivity contribution in [1.29, 1.82) is 5.26 Å². The smallest absolute Gasteiger partial charge is 0.407 e. The van der Waals surface area contributed by atoms with Crippen LogP contribution >= 0.6 is 11.8 Å². The summed E-state index contributed by atoms with van der Waals surface area (Å²) in [5, 5.41) is 11.3. The van der Waals surface area contributed by atoms with Crippen molar-refractivity contribution in [3.05, 3.63) is 12.7 Å². The molecule has 0 rings (SSSR count). The van der Waals surface area contributed by atoms with Crippen molar-refractivity contribution in [3.63, 3.8) is 0 Å². The van der Waals surface area contributed by atoms with Crippen molar-refractivity contribution in [2.45, 2.75) is 19.4 Å². The number of alkyl carbamates (subject to hydrolysis) is 1. The number of carbonyl (C=O) groups is 2. The molecule has 1 atom stereocenters. The topological polar surface area (TPSA) is 82.4 Å². The third-order valence-corrected chi connectivity index (χ3v) is 2.85. The second-order valence-corrected chi connectivity index (χ2v) is 4.46. The van der Waals surface area contributed by atoms with E-state index in [0.717, 1.165) is 4.90 Å². The van der Waals surface area contributed by atoms with Crippen LogP contribution in [0, 0.1) is 11.5 Å².